The first-order valence-electron chi connectivity index (χ1n) is 5.87. The van der Waals surface area contributed by atoms with Crippen LogP contribution in [-0.2, 0) is 4.79 Å². The molecule has 6 nitrogen and oxygen atoms in total. The van der Waals surface area contributed by atoms with E-state index in [1.807, 2.05) is 6.92 Å². The molecular weight excluding hydrogens is 234 g/mol. The molecule has 1 saturated heterocycles. The predicted molar refractivity (Wildman–Crippen MR) is 67.5 cm³/mol. The number of nitrogens with one attached hydrogen (secondary N) is 2. The van der Waals surface area contributed by atoms with Gasteiger partial charge in [-0.05, 0) is 25.3 Å². The number of piperidine rings is 1. The van der Waals surface area contributed by atoms with Crippen LogP contribution in [0.4, 0.5) is 11.4 Å². The van der Waals surface area contributed by atoms with Gasteiger partial charge >= 0.3 is 0 Å². The normalized spacial score (nSPS) is 19.2. The number of nitro groups is 1. The van der Waals surface area contributed by atoms with Crippen molar-refractivity contribution in [2.75, 3.05) is 11.9 Å². The van der Waals surface area contributed by atoms with Crippen molar-refractivity contribution < 1.29 is 9.72 Å². The fourth-order valence-corrected chi connectivity index (χ4v) is 1.98. The highest BCUT2D eigenvalue weighted by Gasteiger charge is 2.22. The molecule has 2 N–H and O–H groups in total. The van der Waals surface area contributed by atoms with E-state index in [1.54, 1.807) is 6.07 Å². The molecule has 0 saturated carbocycles. The van der Waals surface area contributed by atoms with Crippen LogP contribution in [0.2, 0.25) is 0 Å². The number of aryl methyl sites for hydroxylation is 1. The third kappa shape index (κ3) is 2.58. The van der Waals surface area contributed by atoms with E-state index in [-0.39, 0.29) is 17.6 Å². The maximum absolute atomic E-state index is 11.6. The first kappa shape index (κ1) is 12.3. The molecule has 96 valence electrons. The van der Waals surface area contributed by atoms with E-state index >= 15 is 0 Å². The molecule has 1 aliphatic heterocycles. The minimum atomic E-state index is -0.439. The molecule has 0 spiro atoms. The summed E-state index contributed by atoms with van der Waals surface area (Å²) in [7, 11) is 0. The average Bonchev–Trinajstić information content (AvgIpc) is 2.34. The van der Waals surface area contributed by atoms with Crippen LogP contribution >= 0.6 is 0 Å². The Kier molecular flexibility index (Phi) is 3.45. The number of rotatable bonds is 3. The Labute approximate surface area is 105 Å². The lowest BCUT2D eigenvalue weighted by atomic mass is 10.1. The van der Waals surface area contributed by atoms with E-state index < -0.39 is 4.92 Å². The monoisotopic (exact) mass is 249 g/mol. The molecule has 0 aliphatic carbocycles. The number of benzene rings is 1. The molecule has 0 bridgehead atoms. The lowest BCUT2D eigenvalue weighted by Crippen LogP contribution is -2.44. The van der Waals surface area contributed by atoms with Crippen molar-refractivity contribution in [3.05, 3.63) is 33.9 Å². The first-order chi connectivity index (χ1) is 8.58. The molecule has 0 radical (unpaired) electrons. The molecule has 18 heavy (non-hydrogen) atoms. The molecule has 1 aromatic rings. The third-order valence-corrected chi connectivity index (χ3v) is 3.05. The van der Waals surface area contributed by atoms with Gasteiger partial charge in [0.2, 0.25) is 5.91 Å². The van der Waals surface area contributed by atoms with Crippen molar-refractivity contribution in [2.24, 2.45) is 0 Å². The van der Waals surface area contributed by atoms with Gasteiger partial charge < -0.3 is 10.6 Å². The summed E-state index contributed by atoms with van der Waals surface area (Å²) in [6.07, 6.45) is 1.66. The van der Waals surface area contributed by atoms with Gasteiger partial charge in [-0.3, -0.25) is 14.9 Å². The number of amides is 1. The van der Waals surface area contributed by atoms with Gasteiger partial charge in [-0.15, -0.1) is 0 Å². The van der Waals surface area contributed by atoms with Crippen LogP contribution in [0, 0.1) is 17.0 Å². The Hall–Kier alpha value is -2.11. The van der Waals surface area contributed by atoms with E-state index in [2.05, 4.69) is 10.6 Å². The molecule has 1 fully saturated rings. The zero-order chi connectivity index (χ0) is 13.1. The highest BCUT2D eigenvalue weighted by atomic mass is 16.6. The minimum Gasteiger partial charge on any atom is -0.373 e. The van der Waals surface area contributed by atoms with Gasteiger partial charge in [0.15, 0.2) is 0 Å². The second-order valence-corrected chi connectivity index (χ2v) is 4.39. The van der Waals surface area contributed by atoms with Gasteiger partial charge in [0.25, 0.3) is 5.69 Å². The maximum atomic E-state index is 11.6. The Morgan fingerprint density at radius 3 is 2.94 bits per heavy atom. The van der Waals surface area contributed by atoms with Gasteiger partial charge in [0.1, 0.15) is 6.04 Å². The molecule has 0 aromatic heterocycles. The van der Waals surface area contributed by atoms with E-state index in [9.17, 15) is 14.9 Å². The SMILES string of the molecule is Cc1ccc([N+](=O)[O-])cc1NC1CCCNC1=O. The maximum Gasteiger partial charge on any atom is 0.271 e. The number of hydrogen-bond acceptors (Lipinski definition) is 4. The summed E-state index contributed by atoms with van der Waals surface area (Å²) in [6.45, 7) is 2.55. The Balaban J connectivity index is 2.19. The summed E-state index contributed by atoms with van der Waals surface area (Å²) in [5.74, 6) is -0.0489. The second-order valence-electron chi connectivity index (χ2n) is 4.39. The van der Waals surface area contributed by atoms with Crippen LogP contribution < -0.4 is 10.6 Å². The molecule has 1 atom stereocenters. The van der Waals surface area contributed by atoms with Crippen LogP contribution in [0.15, 0.2) is 18.2 Å². The molecule has 1 aromatic carbocycles. The topological polar surface area (TPSA) is 84.3 Å². The molecule has 1 amide bonds. The minimum absolute atomic E-state index is 0.0271. The molecule has 1 unspecified atom stereocenters. The number of nitro benzene ring substituents is 1. The quantitative estimate of drug-likeness (QED) is 0.629. The fraction of sp³-hybridized carbons (Fsp3) is 0.417. The van der Waals surface area contributed by atoms with Gasteiger partial charge in [0, 0.05) is 24.4 Å². The summed E-state index contributed by atoms with van der Waals surface area (Å²) < 4.78 is 0. The van der Waals surface area contributed by atoms with E-state index in [0.717, 1.165) is 18.4 Å². The van der Waals surface area contributed by atoms with Crippen LogP contribution in [-0.4, -0.2) is 23.4 Å². The van der Waals surface area contributed by atoms with Gasteiger partial charge in [-0.2, -0.15) is 0 Å². The summed E-state index contributed by atoms with van der Waals surface area (Å²) in [5, 5.41) is 16.6. The van der Waals surface area contributed by atoms with Crippen molar-refractivity contribution in [2.45, 2.75) is 25.8 Å². The third-order valence-electron chi connectivity index (χ3n) is 3.05. The molecule has 1 heterocycles. The van der Waals surface area contributed by atoms with Crippen molar-refractivity contribution in [1.29, 1.82) is 0 Å². The lowest BCUT2D eigenvalue weighted by molar-refractivity contribution is -0.384. The first-order valence-corrected chi connectivity index (χ1v) is 5.87. The second kappa shape index (κ2) is 5.03. The summed E-state index contributed by atoms with van der Waals surface area (Å²) >= 11 is 0. The molecule has 1 aliphatic rings. The van der Waals surface area contributed by atoms with Crippen molar-refractivity contribution in [3.8, 4) is 0 Å². The van der Waals surface area contributed by atoms with Gasteiger partial charge in [-0.1, -0.05) is 6.07 Å². The highest BCUT2D eigenvalue weighted by molar-refractivity contribution is 5.85. The highest BCUT2D eigenvalue weighted by Crippen LogP contribution is 2.23. The number of carbonyl (C=O) groups excluding carboxylic acids is 1. The summed E-state index contributed by atoms with van der Waals surface area (Å²) in [5.41, 5.74) is 1.56. The standard InChI is InChI=1S/C12H15N3O3/c1-8-4-5-9(15(17)18)7-11(8)14-10-3-2-6-13-12(10)16/h4-5,7,10,14H,2-3,6H2,1H3,(H,13,16). The molecule has 2 rings (SSSR count). The zero-order valence-electron chi connectivity index (χ0n) is 10.1. The number of nitrogens with zero attached hydrogens (tertiary/aromatic N) is 1. The van der Waals surface area contributed by atoms with Crippen LogP contribution in [0.5, 0.6) is 0 Å². The van der Waals surface area contributed by atoms with Crippen molar-refractivity contribution in [1.82, 2.24) is 5.32 Å². The van der Waals surface area contributed by atoms with E-state index in [1.165, 1.54) is 12.1 Å². The summed E-state index contributed by atoms with van der Waals surface area (Å²) in [6, 6.07) is 4.30. The van der Waals surface area contributed by atoms with E-state index in [4.69, 9.17) is 0 Å². The Morgan fingerprint density at radius 1 is 1.50 bits per heavy atom. The number of carbonyl (C=O) groups is 1. The van der Waals surface area contributed by atoms with Crippen LogP contribution in [0.3, 0.4) is 0 Å². The van der Waals surface area contributed by atoms with Gasteiger partial charge in [-0.25, -0.2) is 0 Å². The van der Waals surface area contributed by atoms with Crippen molar-refractivity contribution >= 4 is 17.3 Å². The molecular formula is C12H15N3O3. The Bertz CT molecular complexity index is 487. The summed E-state index contributed by atoms with van der Waals surface area (Å²) in [4.78, 5) is 21.9. The Morgan fingerprint density at radius 2 is 2.28 bits per heavy atom. The number of anilines is 1. The van der Waals surface area contributed by atoms with Crippen LogP contribution in [0.1, 0.15) is 18.4 Å². The number of non-ortho nitro benzene ring substituents is 1. The van der Waals surface area contributed by atoms with Crippen LogP contribution in [0.25, 0.3) is 0 Å². The van der Waals surface area contributed by atoms with Crippen molar-refractivity contribution in [3.63, 3.8) is 0 Å². The fourth-order valence-electron chi connectivity index (χ4n) is 1.98. The van der Waals surface area contributed by atoms with Gasteiger partial charge in [0.05, 0.1) is 4.92 Å². The predicted octanol–water partition coefficient (Wildman–Crippen LogP) is 1.59. The smallest absolute Gasteiger partial charge is 0.271 e. The average molecular weight is 249 g/mol. The molecule has 6 heteroatoms. The largest absolute Gasteiger partial charge is 0.373 e. The zero-order valence-corrected chi connectivity index (χ0v) is 10.1. The van der Waals surface area contributed by atoms with E-state index in [0.29, 0.717) is 12.2 Å². The number of hydrogen-bond donors (Lipinski definition) is 2. The lowest BCUT2D eigenvalue weighted by Gasteiger charge is -2.24.